The fourth-order valence-corrected chi connectivity index (χ4v) is 3.88. The van der Waals surface area contributed by atoms with Gasteiger partial charge in [0.25, 0.3) is 0 Å². The molecule has 4 nitrogen and oxygen atoms in total. The summed E-state index contributed by atoms with van der Waals surface area (Å²) < 4.78 is 7.75. The number of aromatic nitrogens is 2. The molecule has 0 aromatic carbocycles. The van der Waals surface area contributed by atoms with Gasteiger partial charge in [0, 0.05) is 30.8 Å². The van der Waals surface area contributed by atoms with Gasteiger partial charge in [0.2, 0.25) is 0 Å². The van der Waals surface area contributed by atoms with E-state index in [0.29, 0.717) is 12.1 Å². The quantitative estimate of drug-likeness (QED) is 0.935. The Balaban J connectivity index is 1.76. The molecule has 2 unspecified atom stereocenters. The molecule has 1 aliphatic rings. The lowest BCUT2D eigenvalue weighted by molar-refractivity contribution is 0.0846. The summed E-state index contributed by atoms with van der Waals surface area (Å²) in [7, 11) is 1.81. The van der Waals surface area contributed by atoms with Crippen LogP contribution >= 0.6 is 11.3 Å². The third kappa shape index (κ3) is 2.42. The van der Waals surface area contributed by atoms with Gasteiger partial charge in [0.15, 0.2) is 4.96 Å². The fraction of sp³-hybridized carbons (Fsp3) is 0.643. The van der Waals surface area contributed by atoms with Crippen LogP contribution in [0.15, 0.2) is 6.20 Å². The van der Waals surface area contributed by atoms with E-state index < -0.39 is 0 Å². The highest BCUT2D eigenvalue weighted by atomic mass is 32.1. The lowest BCUT2D eigenvalue weighted by Crippen LogP contribution is -2.36. The van der Waals surface area contributed by atoms with Crippen molar-refractivity contribution in [2.24, 2.45) is 0 Å². The zero-order chi connectivity index (χ0) is 13.4. The molecule has 1 aliphatic carbocycles. The predicted molar refractivity (Wildman–Crippen MR) is 77.8 cm³/mol. The molecule has 0 amide bonds. The Hall–Kier alpha value is -0.910. The first kappa shape index (κ1) is 13.1. The van der Waals surface area contributed by atoms with E-state index in [1.54, 1.807) is 11.3 Å². The Kier molecular flexibility index (Phi) is 3.60. The number of imidazole rings is 1. The smallest absolute Gasteiger partial charge is 0.194 e. The highest BCUT2D eigenvalue weighted by Crippen LogP contribution is 2.24. The Morgan fingerprint density at radius 2 is 2.32 bits per heavy atom. The molecule has 2 atom stereocenters. The number of nitrogens with zero attached hydrogens (tertiary/aromatic N) is 2. The van der Waals surface area contributed by atoms with Gasteiger partial charge in [-0.3, -0.25) is 4.40 Å². The number of ether oxygens (including phenoxy) is 1. The van der Waals surface area contributed by atoms with Crippen LogP contribution in [-0.4, -0.2) is 28.6 Å². The molecular formula is C14H21N3OS. The molecule has 104 valence electrons. The minimum Gasteiger partial charge on any atom is -0.380 e. The molecule has 0 aliphatic heterocycles. The minimum absolute atomic E-state index is 0.368. The lowest BCUT2D eigenvalue weighted by Gasteiger charge is -2.19. The summed E-state index contributed by atoms with van der Waals surface area (Å²) in [4.78, 5) is 7.03. The molecule has 0 radical (unpaired) electrons. The van der Waals surface area contributed by atoms with E-state index in [0.717, 1.165) is 17.2 Å². The predicted octanol–water partition coefficient (Wildman–Crippen LogP) is 2.67. The monoisotopic (exact) mass is 279 g/mol. The average molecular weight is 279 g/mol. The van der Waals surface area contributed by atoms with E-state index in [9.17, 15) is 0 Å². The highest BCUT2D eigenvalue weighted by Gasteiger charge is 2.27. The number of hydrogen-bond acceptors (Lipinski definition) is 4. The molecule has 0 spiro atoms. The third-order valence-electron chi connectivity index (χ3n) is 4.03. The first-order valence-electron chi connectivity index (χ1n) is 6.89. The van der Waals surface area contributed by atoms with Crippen LogP contribution in [0.2, 0.25) is 0 Å². The molecule has 2 aromatic heterocycles. The van der Waals surface area contributed by atoms with Gasteiger partial charge in [-0.15, -0.1) is 11.3 Å². The van der Waals surface area contributed by atoms with E-state index in [2.05, 4.69) is 34.7 Å². The van der Waals surface area contributed by atoms with Crippen molar-refractivity contribution >= 4 is 16.3 Å². The molecule has 2 aromatic rings. The second kappa shape index (κ2) is 5.23. The number of thiazole rings is 1. The first-order valence-corrected chi connectivity index (χ1v) is 7.71. The number of methoxy groups -OCH3 is 1. The number of aryl methyl sites for hydroxylation is 2. The van der Waals surface area contributed by atoms with Crippen LogP contribution in [0.25, 0.3) is 4.96 Å². The van der Waals surface area contributed by atoms with Gasteiger partial charge in [-0.25, -0.2) is 4.98 Å². The summed E-state index contributed by atoms with van der Waals surface area (Å²) in [6, 6.07) is 0.481. The zero-order valence-corrected chi connectivity index (χ0v) is 12.6. The van der Waals surface area contributed by atoms with Crippen LogP contribution in [0.1, 0.15) is 35.5 Å². The first-order chi connectivity index (χ1) is 9.19. The van der Waals surface area contributed by atoms with Crippen LogP contribution in [-0.2, 0) is 11.3 Å². The zero-order valence-electron chi connectivity index (χ0n) is 11.8. The molecule has 0 bridgehead atoms. The number of fused-ring (bicyclic) bond motifs is 1. The Bertz CT molecular complexity index is 575. The Labute approximate surface area is 117 Å². The maximum Gasteiger partial charge on any atom is 0.194 e. The molecule has 19 heavy (non-hydrogen) atoms. The third-order valence-corrected chi connectivity index (χ3v) is 4.93. The summed E-state index contributed by atoms with van der Waals surface area (Å²) >= 11 is 1.75. The van der Waals surface area contributed by atoms with Gasteiger partial charge >= 0.3 is 0 Å². The molecule has 2 heterocycles. The maximum absolute atomic E-state index is 5.53. The van der Waals surface area contributed by atoms with Crippen LogP contribution in [0, 0.1) is 13.8 Å². The van der Waals surface area contributed by atoms with Crippen molar-refractivity contribution in [2.75, 3.05) is 7.11 Å². The van der Waals surface area contributed by atoms with Gasteiger partial charge in [0.05, 0.1) is 17.5 Å². The van der Waals surface area contributed by atoms with E-state index in [4.69, 9.17) is 4.74 Å². The number of rotatable bonds is 4. The van der Waals surface area contributed by atoms with E-state index in [1.807, 2.05) is 7.11 Å². The van der Waals surface area contributed by atoms with Crippen LogP contribution in [0.3, 0.4) is 0 Å². The lowest BCUT2D eigenvalue weighted by atomic mass is 10.2. The standard InChI is InChI=1S/C14H21N3OS/c1-9-8-17-12(10(2)16-14(17)19-9)7-15-11-5-4-6-13(11)18-3/h8,11,13,15H,4-7H2,1-3H3. The molecule has 3 rings (SSSR count). The molecule has 1 saturated carbocycles. The van der Waals surface area contributed by atoms with Crippen molar-refractivity contribution in [3.8, 4) is 0 Å². The molecule has 0 saturated heterocycles. The summed E-state index contributed by atoms with van der Waals surface area (Å²) in [6.45, 7) is 5.09. The summed E-state index contributed by atoms with van der Waals surface area (Å²) in [5, 5.41) is 3.65. The topological polar surface area (TPSA) is 38.6 Å². The second-order valence-corrected chi connectivity index (χ2v) is 6.54. The molecule has 1 N–H and O–H groups in total. The number of hydrogen-bond donors (Lipinski definition) is 1. The van der Waals surface area contributed by atoms with Crippen molar-refractivity contribution in [2.45, 2.75) is 51.8 Å². The average Bonchev–Trinajstić information content (AvgIpc) is 3.02. The SMILES string of the molecule is COC1CCCC1NCc1c(C)nc2sc(C)cn12. The van der Waals surface area contributed by atoms with Crippen molar-refractivity contribution in [3.63, 3.8) is 0 Å². The second-order valence-electron chi connectivity index (χ2n) is 5.33. The normalized spacial score (nSPS) is 23.5. The molecular weight excluding hydrogens is 258 g/mol. The van der Waals surface area contributed by atoms with Crippen molar-refractivity contribution in [1.29, 1.82) is 0 Å². The fourth-order valence-electron chi connectivity index (χ4n) is 2.99. The summed E-state index contributed by atoms with van der Waals surface area (Å²) in [5.74, 6) is 0. The van der Waals surface area contributed by atoms with Gasteiger partial charge in [-0.2, -0.15) is 0 Å². The Morgan fingerprint density at radius 3 is 3.11 bits per heavy atom. The molecule has 1 fully saturated rings. The van der Waals surface area contributed by atoms with Crippen LogP contribution < -0.4 is 5.32 Å². The minimum atomic E-state index is 0.368. The Morgan fingerprint density at radius 1 is 1.47 bits per heavy atom. The summed E-state index contributed by atoms with van der Waals surface area (Å²) in [6.07, 6.45) is 6.19. The van der Waals surface area contributed by atoms with Crippen molar-refractivity contribution in [1.82, 2.24) is 14.7 Å². The highest BCUT2D eigenvalue weighted by molar-refractivity contribution is 7.17. The summed E-state index contributed by atoms with van der Waals surface area (Å²) in [5.41, 5.74) is 2.41. The van der Waals surface area contributed by atoms with Gasteiger partial charge < -0.3 is 10.1 Å². The largest absolute Gasteiger partial charge is 0.380 e. The number of nitrogens with one attached hydrogen (secondary N) is 1. The van der Waals surface area contributed by atoms with Gasteiger partial charge in [-0.05, 0) is 33.1 Å². The molecule has 5 heteroatoms. The van der Waals surface area contributed by atoms with Crippen LogP contribution in [0.5, 0.6) is 0 Å². The van der Waals surface area contributed by atoms with Crippen molar-refractivity contribution in [3.05, 3.63) is 22.5 Å². The maximum atomic E-state index is 5.53. The van der Waals surface area contributed by atoms with Gasteiger partial charge in [0.1, 0.15) is 0 Å². The van der Waals surface area contributed by atoms with E-state index >= 15 is 0 Å². The van der Waals surface area contributed by atoms with Gasteiger partial charge in [-0.1, -0.05) is 0 Å². The van der Waals surface area contributed by atoms with Crippen LogP contribution in [0.4, 0.5) is 0 Å². The van der Waals surface area contributed by atoms with Crippen molar-refractivity contribution < 1.29 is 4.74 Å². The van der Waals surface area contributed by atoms with E-state index in [1.165, 1.54) is 29.8 Å². The van der Waals surface area contributed by atoms with E-state index in [-0.39, 0.29) is 0 Å².